The highest BCUT2D eigenvalue weighted by molar-refractivity contribution is 5.33. The topological polar surface area (TPSA) is 30.5 Å². The van der Waals surface area contributed by atoms with Gasteiger partial charge in [0.15, 0.2) is 0 Å². The van der Waals surface area contributed by atoms with Crippen LogP contribution in [0.2, 0.25) is 0 Å². The Balaban J connectivity index is 2.32. The molecule has 0 bridgehead atoms. The van der Waals surface area contributed by atoms with Crippen molar-refractivity contribution in [2.24, 2.45) is 0 Å². The van der Waals surface area contributed by atoms with E-state index in [-0.39, 0.29) is 6.10 Å². The molecule has 0 unspecified atom stereocenters. The second kappa shape index (κ2) is 8.95. The predicted molar refractivity (Wildman–Crippen MR) is 75.0 cm³/mol. The molecule has 1 N–H and O–H groups in total. The van der Waals surface area contributed by atoms with Gasteiger partial charge in [0, 0.05) is 25.3 Å². The zero-order valence-corrected chi connectivity index (χ0v) is 11.7. The molecule has 0 saturated carbocycles. The van der Waals surface area contributed by atoms with E-state index in [1.54, 1.807) is 0 Å². The summed E-state index contributed by atoms with van der Waals surface area (Å²) in [6.07, 6.45) is 1.25. The number of benzene rings is 1. The molecule has 0 aromatic heterocycles. The standard InChI is InChI=1S/C15H25NO2/c1-4-17-11-7-10-16-12-14-8-5-6-9-15(14)18-13(2)3/h5-6,8-9,13,16H,4,7,10-12H2,1-3H3. The summed E-state index contributed by atoms with van der Waals surface area (Å²) in [5.74, 6) is 0.977. The van der Waals surface area contributed by atoms with Crippen molar-refractivity contribution in [2.75, 3.05) is 19.8 Å². The summed E-state index contributed by atoms with van der Waals surface area (Å²) in [7, 11) is 0. The SMILES string of the molecule is CCOCCCNCc1ccccc1OC(C)C. The van der Waals surface area contributed by atoms with Crippen LogP contribution in [0.4, 0.5) is 0 Å². The molecule has 0 radical (unpaired) electrons. The molecule has 0 aliphatic heterocycles. The van der Waals surface area contributed by atoms with E-state index in [0.717, 1.165) is 38.5 Å². The summed E-state index contributed by atoms with van der Waals surface area (Å²) in [5.41, 5.74) is 1.21. The van der Waals surface area contributed by atoms with Crippen molar-refractivity contribution in [3.8, 4) is 5.75 Å². The van der Waals surface area contributed by atoms with Crippen LogP contribution in [0.1, 0.15) is 32.8 Å². The lowest BCUT2D eigenvalue weighted by Gasteiger charge is -2.14. The molecule has 0 fully saturated rings. The zero-order chi connectivity index (χ0) is 13.2. The van der Waals surface area contributed by atoms with Crippen molar-refractivity contribution < 1.29 is 9.47 Å². The van der Waals surface area contributed by atoms with Crippen molar-refractivity contribution in [1.29, 1.82) is 0 Å². The number of ether oxygens (including phenoxy) is 2. The fourth-order valence-corrected chi connectivity index (χ4v) is 1.69. The Morgan fingerprint density at radius 1 is 1.22 bits per heavy atom. The summed E-state index contributed by atoms with van der Waals surface area (Å²) in [6.45, 7) is 9.55. The molecule has 0 amide bonds. The molecule has 3 nitrogen and oxygen atoms in total. The molecule has 18 heavy (non-hydrogen) atoms. The Hall–Kier alpha value is -1.06. The van der Waals surface area contributed by atoms with Gasteiger partial charge in [0.1, 0.15) is 5.75 Å². The van der Waals surface area contributed by atoms with Gasteiger partial charge in [-0.05, 0) is 39.8 Å². The van der Waals surface area contributed by atoms with Gasteiger partial charge in [-0.15, -0.1) is 0 Å². The van der Waals surface area contributed by atoms with E-state index in [1.807, 2.05) is 39.0 Å². The van der Waals surface area contributed by atoms with E-state index in [4.69, 9.17) is 9.47 Å². The van der Waals surface area contributed by atoms with Gasteiger partial charge < -0.3 is 14.8 Å². The van der Waals surface area contributed by atoms with Gasteiger partial charge in [-0.3, -0.25) is 0 Å². The highest BCUT2D eigenvalue weighted by Gasteiger charge is 2.04. The fourth-order valence-electron chi connectivity index (χ4n) is 1.69. The lowest BCUT2D eigenvalue weighted by Crippen LogP contribution is -2.17. The summed E-state index contributed by atoms with van der Waals surface area (Å²) >= 11 is 0. The first-order chi connectivity index (χ1) is 8.74. The predicted octanol–water partition coefficient (Wildman–Crippen LogP) is 2.99. The Kier molecular flexibility index (Phi) is 7.46. The van der Waals surface area contributed by atoms with Crippen LogP contribution in [-0.4, -0.2) is 25.9 Å². The third-order valence-corrected chi connectivity index (χ3v) is 2.50. The van der Waals surface area contributed by atoms with Crippen LogP contribution < -0.4 is 10.1 Å². The molecule has 0 heterocycles. The average molecular weight is 251 g/mol. The molecule has 0 aliphatic rings. The minimum Gasteiger partial charge on any atom is -0.491 e. The minimum atomic E-state index is 0.212. The largest absolute Gasteiger partial charge is 0.491 e. The average Bonchev–Trinajstić information content (AvgIpc) is 2.35. The normalized spacial score (nSPS) is 10.9. The molecule has 3 heteroatoms. The van der Waals surface area contributed by atoms with Gasteiger partial charge in [-0.2, -0.15) is 0 Å². The second-order valence-corrected chi connectivity index (χ2v) is 4.50. The monoisotopic (exact) mass is 251 g/mol. The van der Waals surface area contributed by atoms with Crippen molar-refractivity contribution in [2.45, 2.75) is 39.8 Å². The fraction of sp³-hybridized carbons (Fsp3) is 0.600. The highest BCUT2D eigenvalue weighted by atomic mass is 16.5. The van der Waals surface area contributed by atoms with Gasteiger partial charge in [-0.25, -0.2) is 0 Å². The van der Waals surface area contributed by atoms with Crippen molar-refractivity contribution in [1.82, 2.24) is 5.32 Å². The molecular formula is C15H25NO2. The maximum atomic E-state index is 5.78. The van der Waals surface area contributed by atoms with Crippen LogP contribution in [-0.2, 0) is 11.3 Å². The lowest BCUT2D eigenvalue weighted by molar-refractivity contribution is 0.144. The second-order valence-electron chi connectivity index (χ2n) is 4.50. The van der Waals surface area contributed by atoms with Crippen molar-refractivity contribution in [3.05, 3.63) is 29.8 Å². The summed E-state index contributed by atoms with van der Waals surface area (Å²) in [6, 6.07) is 8.19. The number of para-hydroxylation sites is 1. The molecule has 1 rings (SSSR count). The minimum absolute atomic E-state index is 0.212. The van der Waals surface area contributed by atoms with Crippen LogP contribution in [0.5, 0.6) is 5.75 Å². The maximum absolute atomic E-state index is 5.78. The van der Waals surface area contributed by atoms with E-state index in [9.17, 15) is 0 Å². The molecule has 0 saturated heterocycles. The first-order valence-electron chi connectivity index (χ1n) is 6.77. The Morgan fingerprint density at radius 2 is 2.00 bits per heavy atom. The van der Waals surface area contributed by atoms with Crippen molar-refractivity contribution >= 4 is 0 Å². The number of rotatable bonds is 9. The van der Waals surface area contributed by atoms with Gasteiger partial charge >= 0.3 is 0 Å². The number of hydrogen-bond donors (Lipinski definition) is 1. The Morgan fingerprint density at radius 3 is 2.72 bits per heavy atom. The highest BCUT2D eigenvalue weighted by Crippen LogP contribution is 2.18. The van der Waals surface area contributed by atoms with E-state index in [1.165, 1.54) is 5.56 Å². The third-order valence-electron chi connectivity index (χ3n) is 2.50. The lowest BCUT2D eigenvalue weighted by atomic mass is 10.2. The molecule has 0 spiro atoms. The van der Waals surface area contributed by atoms with Gasteiger partial charge in [0.25, 0.3) is 0 Å². The van der Waals surface area contributed by atoms with Crippen molar-refractivity contribution in [3.63, 3.8) is 0 Å². The molecule has 1 aromatic carbocycles. The Bertz CT molecular complexity index is 326. The van der Waals surface area contributed by atoms with E-state index in [2.05, 4.69) is 11.4 Å². The summed E-state index contributed by atoms with van der Waals surface area (Å²) < 4.78 is 11.1. The van der Waals surface area contributed by atoms with Crippen LogP contribution >= 0.6 is 0 Å². The van der Waals surface area contributed by atoms with E-state index < -0.39 is 0 Å². The number of nitrogens with one attached hydrogen (secondary N) is 1. The quantitative estimate of drug-likeness (QED) is 0.684. The smallest absolute Gasteiger partial charge is 0.124 e. The third kappa shape index (κ3) is 6.03. The Labute approximate surface area is 110 Å². The molecule has 0 aliphatic carbocycles. The van der Waals surface area contributed by atoms with Gasteiger partial charge in [0.2, 0.25) is 0 Å². The molecule has 1 aromatic rings. The first kappa shape index (κ1) is 15.0. The molecule has 0 atom stereocenters. The van der Waals surface area contributed by atoms with E-state index in [0.29, 0.717) is 0 Å². The molecule has 102 valence electrons. The summed E-state index contributed by atoms with van der Waals surface area (Å²) in [4.78, 5) is 0. The summed E-state index contributed by atoms with van der Waals surface area (Å²) in [5, 5.41) is 3.41. The maximum Gasteiger partial charge on any atom is 0.124 e. The number of hydrogen-bond acceptors (Lipinski definition) is 3. The van der Waals surface area contributed by atoms with Gasteiger partial charge in [-0.1, -0.05) is 18.2 Å². The van der Waals surface area contributed by atoms with Crippen LogP contribution in [0, 0.1) is 0 Å². The van der Waals surface area contributed by atoms with Crippen LogP contribution in [0.3, 0.4) is 0 Å². The van der Waals surface area contributed by atoms with Crippen LogP contribution in [0.25, 0.3) is 0 Å². The van der Waals surface area contributed by atoms with E-state index >= 15 is 0 Å². The zero-order valence-electron chi connectivity index (χ0n) is 11.7. The van der Waals surface area contributed by atoms with Gasteiger partial charge in [0.05, 0.1) is 6.10 Å². The molecular weight excluding hydrogens is 226 g/mol. The first-order valence-corrected chi connectivity index (χ1v) is 6.77. The van der Waals surface area contributed by atoms with Crippen LogP contribution in [0.15, 0.2) is 24.3 Å².